The zero-order valence-corrected chi connectivity index (χ0v) is 8.61. The Kier molecular flexibility index (Phi) is 3.18. The highest BCUT2D eigenvalue weighted by Gasteiger charge is 2.30. The molecule has 1 aliphatic heterocycles. The van der Waals surface area contributed by atoms with Crippen molar-refractivity contribution in [2.24, 2.45) is 0 Å². The molecule has 0 radical (unpaired) electrons. The molecule has 88 valence electrons. The van der Waals surface area contributed by atoms with Gasteiger partial charge in [0.25, 0.3) is 0 Å². The van der Waals surface area contributed by atoms with Gasteiger partial charge in [-0.2, -0.15) is 0 Å². The van der Waals surface area contributed by atoms with Crippen LogP contribution in [-0.2, 0) is 6.54 Å². The Morgan fingerprint density at radius 3 is 2.12 bits per heavy atom. The summed E-state index contributed by atoms with van der Waals surface area (Å²) in [5.74, 6) is -1.20. The summed E-state index contributed by atoms with van der Waals surface area (Å²) in [6.45, 7) is 0.524. The average molecular weight is 229 g/mol. The minimum Gasteiger partial charge on any atom is -0.389 e. The highest BCUT2D eigenvalue weighted by molar-refractivity contribution is 5.19. The predicted molar refractivity (Wildman–Crippen MR) is 53.6 cm³/mol. The lowest BCUT2D eigenvalue weighted by Crippen LogP contribution is -2.22. The predicted octanol–water partition coefficient (Wildman–Crippen LogP) is 0.502. The summed E-state index contributed by atoms with van der Waals surface area (Å²) < 4.78 is 26.6. The number of benzene rings is 1. The molecule has 2 rings (SSSR count). The van der Waals surface area contributed by atoms with Crippen LogP contribution in [0.15, 0.2) is 18.2 Å². The van der Waals surface area contributed by atoms with Crippen molar-refractivity contribution in [3.8, 4) is 0 Å². The monoisotopic (exact) mass is 229 g/mol. The van der Waals surface area contributed by atoms with Crippen LogP contribution in [0, 0.1) is 11.6 Å². The van der Waals surface area contributed by atoms with E-state index in [0.717, 1.165) is 0 Å². The van der Waals surface area contributed by atoms with Gasteiger partial charge in [-0.05, 0) is 12.1 Å². The van der Waals surface area contributed by atoms with E-state index in [1.807, 2.05) is 0 Å². The second-order valence-electron chi connectivity index (χ2n) is 4.03. The van der Waals surface area contributed by atoms with Crippen molar-refractivity contribution < 1.29 is 19.0 Å². The number of halogens is 2. The van der Waals surface area contributed by atoms with E-state index in [0.29, 0.717) is 0 Å². The lowest BCUT2D eigenvalue weighted by molar-refractivity contribution is 0.0572. The third-order valence-electron chi connectivity index (χ3n) is 2.78. The van der Waals surface area contributed by atoms with Crippen LogP contribution < -0.4 is 0 Å². The summed E-state index contributed by atoms with van der Waals surface area (Å²) in [6.07, 6.45) is -1.68. The van der Waals surface area contributed by atoms with Gasteiger partial charge in [0.15, 0.2) is 0 Å². The fraction of sp³-hybridized carbons (Fsp3) is 0.455. The van der Waals surface area contributed by atoms with Gasteiger partial charge in [0.05, 0.1) is 12.2 Å². The first-order valence-electron chi connectivity index (χ1n) is 5.09. The first-order valence-corrected chi connectivity index (χ1v) is 5.09. The highest BCUT2D eigenvalue weighted by atomic mass is 19.1. The van der Waals surface area contributed by atoms with Gasteiger partial charge in [-0.1, -0.05) is 6.07 Å². The normalized spacial score (nSPS) is 26.2. The SMILES string of the molecule is O[C@@H]1CN(Cc2c(F)cccc2F)C[C@@H]1O. The molecule has 1 aliphatic rings. The Labute approximate surface area is 91.9 Å². The standard InChI is InChI=1S/C11H13F2NO2/c12-8-2-1-3-9(13)7(8)4-14-5-10(15)11(16)6-14/h1-3,10-11,15-16H,4-6H2/t10-,11+. The molecule has 0 amide bonds. The number of nitrogens with zero attached hydrogens (tertiary/aromatic N) is 1. The second kappa shape index (κ2) is 4.45. The Bertz CT molecular complexity index is 356. The van der Waals surface area contributed by atoms with E-state index >= 15 is 0 Å². The maximum absolute atomic E-state index is 13.3. The maximum Gasteiger partial charge on any atom is 0.130 e. The molecule has 1 aromatic rings. The summed E-state index contributed by atoms with van der Waals surface area (Å²) in [7, 11) is 0. The van der Waals surface area contributed by atoms with Crippen LogP contribution in [0.4, 0.5) is 8.78 Å². The van der Waals surface area contributed by atoms with Gasteiger partial charge in [0.2, 0.25) is 0 Å². The van der Waals surface area contributed by atoms with Gasteiger partial charge in [0.1, 0.15) is 11.6 Å². The summed E-state index contributed by atoms with van der Waals surface area (Å²) in [5, 5.41) is 18.6. The van der Waals surface area contributed by atoms with E-state index in [-0.39, 0.29) is 25.2 Å². The van der Waals surface area contributed by atoms with E-state index in [1.54, 1.807) is 4.90 Å². The van der Waals surface area contributed by atoms with E-state index in [1.165, 1.54) is 18.2 Å². The third kappa shape index (κ3) is 2.21. The van der Waals surface area contributed by atoms with E-state index in [2.05, 4.69) is 0 Å². The Hall–Kier alpha value is -1.04. The highest BCUT2D eigenvalue weighted by Crippen LogP contribution is 2.18. The van der Waals surface area contributed by atoms with Gasteiger partial charge in [0, 0.05) is 25.2 Å². The number of aliphatic hydroxyl groups is 2. The fourth-order valence-corrected chi connectivity index (χ4v) is 1.88. The van der Waals surface area contributed by atoms with Crippen LogP contribution in [0.5, 0.6) is 0 Å². The Morgan fingerprint density at radius 1 is 1.12 bits per heavy atom. The van der Waals surface area contributed by atoms with Crippen LogP contribution in [0.1, 0.15) is 5.56 Å². The van der Waals surface area contributed by atoms with Crippen LogP contribution in [0.25, 0.3) is 0 Å². The molecule has 0 bridgehead atoms. The largest absolute Gasteiger partial charge is 0.389 e. The molecule has 2 atom stereocenters. The summed E-state index contributed by atoms with van der Waals surface area (Å²) in [5.41, 5.74) is -0.0243. The Balaban J connectivity index is 2.10. The molecule has 1 saturated heterocycles. The van der Waals surface area contributed by atoms with Crippen molar-refractivity contribution in [3.05, 3.63) is 35.4 Å². The van der Waals surface area contributed by atoms with E-state index in [9.17, 15) is 19.0 Å². The van der Waals surface area contributed by atoms with Crippen LogP contribution >= 0.6 is 0 Å². The molecular weight excluding hydrogens is 216 g/mol. The van der Waals surface area contributed by atoms with Gasteiger partial charge >= 0.3 is 0 Å². The fourth-order valence-electron chi connectivity index (χ4n) is 1.88. The van der Waals surface area contributed by atoms with Crippen molar-refractivity contribution in [2.75, 3.05) is 13.1 Å². The quantitative estimate of drug-likeness (QED) is 0.776. The van der Waals surface area contributed by atoms with Gasteiger partial charge in [-0.15, -0.1) is 0 Å². The molecule has 1 aromatic carbocycles. The zero-order valence-electron chi connectivity index (χ0n) is 8.61. The summed E-state index contributed by atoms with van der Waals surface area (Å²) in [6, 6.07) is 3.70. The number of hydrogen-bond acceptors (Lipinski definition) is 3. The number of β-amino-alcohol motifs (C(OH)–C–C–N with tert-alkyl or cyclic N) is 2. The molecule has 1 fully saturated rings. The van der Waals surface area contributed by atoms with Gasteiger partial charge in [-0.25, -0.2) is 8.78 Å². The summed E-state index contributed by atoms with van der Waals surface area (Å²) in [4.78, 5) is 1.62. The first-order chi connectivity index (χ1) is 7.58. The smallest absolute Gasteiger partial charge is 0.130 e. The lowest BCUT2D eigenvalue weighted by atomic mass is 10.2. The molecule has 0 unspecified atom stereocenters. The minimum absolute atomic E-state index is 0.0243. The molecular formula is C11H13F2NO2. The minimum atomic E-state index is -0.838. The lowest BCUT2D eigenvalue weighted by Gasteiger charge is -2.15. The average Bonchev–Trinajstić information content (AvgIpc) is 2.53. The molecule has 5 heteroatoms. The van der Waals surface area contributed by atoms with Crippen molar-refractivity contribution >= 4 is 0 Å². The molecule has 0 saturated carbocycles. The summed E-state index contributed by atoms with van der Waals surface area (Å²) >= 11 is 0. The topological polar surface area (TPSA) is 43.7 Å². The molecule has 0 spiro atoms. The number of rotatable bonds is 2. The molecule has 1 heterocycles. The van der Waals surface area contributed by atoms with E-state index < -0.39 is 23.8 Å². The molecule has 2 N–H and O–H groups in total. The zero-order chi connectivity index (χ0) is 11.7. The van der Waals surface area contributed by atoms with Gasteiger partial charge < -0.3 is 10.2 Å². The number of aliphatic hydroxyl groups excluding tert-OH is 2. The Morgan fingerprint density at radius 2 is 1.62 bits per heavy atom. The van der Waals surface area contributed by atoms with Crippen molar-refractivity contribution in [1.82, 2.24) is 4.90 Å². The van der Waals surface area contributed by atoms with Crippen LogP contribution in [-0.4, -0.2) is 40.4 Å². The van der Waals surface area contributed by atoms with Gasteiger partial charge in [-0.3, -0.25) is 4.90 Å². The first kappa shape index (κ1) is 11.4. The maximum atomic E-state index is 13.3. The van der Waals surface area contributed by atoms with E-state index in [4.69, 9.17) is 0 Å². The molecule has 0 aromatic heterocycles. The van der Waals surface area contributed by atoms with Crippen molar-refractivity contribution in [2.45, 2.75) is 18.8 Å². The molecule has 3 nitrogen and oxygen atoms in total. The third-order valence-corrected chi connectivity index (χ3v) is 2.78. The van der Waals surface area contributed by atoms with Crippen molar-refractivity contribution in [3.63, 3.8) is 0 Å². The molecule has 16 heavy (non-hydrogen) atoms. The van der Waals surface area contributed by atoms with Crippen LogP contribution in [0.2, 0.25) is 0 Å². The number of hydrogen-bond donors (Lipinski definition) is 2. The van der Waals surface area contributed by atoms with Crippen LogP contribution in [0.3, 0.4) is 0 Å². The second-order valence-corrected chi connectivity index (χ2v) is 4.03. The number of likely N-dealkylation sites (tertiary alicyclic amines) is 1. The molecule has 0 aliphatic carbocycles. The van der Waals surface area contributed by atoms with Crippen molar-refractivity contribution in [1.29, 1.82) is 0 Å².